The number of likely N-dealkylation sites (tertiary alicyclic amines) is 1. The van der Waals surface area contributed by atoms with Gasteiger partial charge in [0.2, 0.25) is 5.89 Å². The van der Waals surface area contributed by atoms with Crippen molar-refractivity contribution in [1.82, 2.24) is 19.9 Å². The first-order valence-electron chi connectivity index (χ1n) is 8.64. The third-order valence-corrected chi connectivity index (χ3v) is 4.54. The van der Waals surface area contributed by atoms with E-state index in [1.807, 2.05) is 13.0 Å². The molecule has 1 aliphatic rings. The molecular weight excluding hydrogens is 300 g/mol. The van der Waals surface area contributed by atoms with Gasteiger partial charge in [-0.2, -0.15) is 4.98 Å². The fourth-order valence-corrected chi connectivity index (χ4v) is 3.21. The Hall–Kier alpha value is -1.98. The van der Waals surface area contributed by atoms with Crippen molar-refractivity contribution in [1.29, 1.82) is 0 Å². The number of hydrogen-bond acceptors (Lipinski definition) is 5. The summed E-state index contributed by atoms with van der Waals surface area (Å²) in [4.78, 5) is 9.18. The zero-order valence-electron chi connectivity index (χ0n) is 14.6. The minimum Gasteiger partial charge on any atom is -0.340 e. The van der Waals surface area contributed by atoms with Crippen molar-refractivity contribution in [2.75, 3.05) is 26.7 Å². The van der Waals surface area contributed by atoms with Crippen LogP contribution in [0, 0.1) is 6.92 Å². The van der Waals surface area contributed by atoms with Gasteiger partial charge in [-0.25, -0.2) is 0 Å². The van der Waals surface area contributed by atoms with Crippen LogP contribution in [0.3, 0.4) is 0 Å². The molecule has 0 aliphatic carbocycles. The highest BCUT2D eigenvalue weighted by Gasteiger charge is 2.23. The molecule has 0 spiro atoms. The molecule has 1 aliphatic heterocycles. The summed E-state index contributed by atoms with van der Waals surface area (Å²) < 4.78 is 5.07. The fraction of sp³-hybridized carbons (Fsp3) is 0.474. The van der Waals surface area contributed by atoms with E-state index >= 15 is 0 Å². The van der Waals surface area contributed by atoms with Crippen LogP contribution in [0.25, 0.3) is 6.08 Å². The molecule has 1 aromatic carbocycles. The minimum atomic E-state index is 0.576. The molecule has 5 heteroatoms. The van der Waals surface area contributed by atoms with Gasteiger partial charge in [-0.05, 0) is 32.0 Å². The maximum Gasteiger partial charge on any atom is 0.223 e. The number of hydrogen-bond donors (Lipinski definition) is 0. The largest absolute Gasteiger partial charge is 0.340 e. The van der Waals surface area contributed by atoms with Gasteiger partial charge in [0, 0.05) is 26.1 Å². The van der Waals surface area contributed by atoms with E-state index < -0.39 is 0 Å². The van der Waals surface area contributed by atoms with Gasteiger partial charge in [0.25, 0.3) is 0 Å². The Labute approximate surface area is 144 Å². The van der Waals surface area contributed by atoms with Crippen molar-refractivity contribution in [3.8, 4) is 0 Å². The van der Waals surface area contributed by atoms with E-state index in [0.717, 1.165) is 32.0 Å². The van der Waals surface area contributed by atoms with Crippen molar-refractivity contribution in [2.45, 2.75) is 32.4 Å². The van der Waals surface area contributed by atoms with Gasteiger partial charge in [0.15, 0.2) is 5.82 Å². The first-order chi connectivity index (χ1) is 11.7. The number of nitrogens with zero attached hydrogens (tertiary/aromatic N) is 4. The zero-order chi connectivity index (χ0) is 16.8. The molecule has 0 amide bonds. The average Bonchev–Trinajstić information content (AvgIpc) is 3.01. The van der Waals surface area contributed by atoms with Gasteiger partial charge in [0.1, 0.15) is 0 Å². The Kier molecular flexibility index (Phi) is 5.77. The summed E-state index contributed by atoms with van der Waals surface area (Å²) in [5.41, 5.74) is 1.25. The van der Waals surface area contributed by atoms with E-state index in [1.165, 1.54) is 18.4 Å². The standard InChI is InChI=1S/C19H26N4O/c1-16-20-19(21-24-16)15-23-13-7-11-18(14-23)22(2)12-6-10-17-8-4-3-5-9-17/h3-6,8-10,18H,7,11-15H2,1-2H3/b10-6+/t18-/m0/s1. The van der Waals surface area contributed by atoms with Crippen molar-refractivity contribution in [2.24, 2.45) is 0 Å². The van der Waals surface area contributed by atoms with Crippen LogP contribution in [0.15, 0.2) is 40.9 Å². The normalized spacial score (nSPS) is 19.4. The third kappa shape index (κ3) is 4.76. The Balaban J connectivity index is 1.49. The maximum atomic E-state index is 5.07. The van der Waals surface area contributed by atoms with Crippen LogP contribution in [0.4, 0.5) is 0 Å². The molecule has 0 N–H and O–H groups in total. The predicted octanol–water partition coefficient (Wildman–Crippen LogP) is 2.99. The number of likely N-dealkylation sites (N-methyl/N-ethyl adjacent to an activating group) is 1. The van der Waals surface area contributed by atoms with Gasteiger partial charge in [-0.3, -0.25) is 9.80 Å². The number of piperidine rings is 1. The molecule has 2 heterocycles. The topological polar surface area (TPSA) is 45.4 Å². The van der Waals surface area contributed by atoms with Crippen LogP contribution >= 0.6 is 0 Å². The summed E-state index contributed by atoms with van der Waals surface area (Å²) in [5, 5.41) is 4.01. The molecule has 128 valence electrons. The maximum absolute atomic E-state index is 5.07. The van der Waals surface area contributed by atoms with Crippen LogP contribution in [0.1, 0.15) is 30.1 Å². The lowest BCUT2D eigenvalue weighted by atomic mass is 10.0. The van der Waals surface area contributed by atoms with Crippen molar-refractivity contribution >= 4 is 6.08 Å². The molecule has 24 heavy (non-hydrogen) atoms. The SMILES string of the molecule is Cc1nc(CN2CCC[C@H](N(C)C/C=C/c3ccccc3)C2)no1. The lowest BCUT2D eigenvalue weighted by Crippen LogP contribution is -2.46. The Morgan fingerprint density at radius 2 is 2.17 bits per heavy atom. The van der Waals surface area contributed by atoms with Gasteiger partial charge >= 0.3 is 0 Å². The summed E-state index contributed by atoms with van der Waals surface area (Å²) in [6.07, 6.45) is 6.90. The zero-order valence-corrected chi connectivity index (χ0v) is 14.6. The van der Waals surface area contributed by atoms with E-state index in [1.54, 1.807) is 0 Å². The molecule has 1 aromatic heterocycles. The predicted molar refractivity (Wildman–Crippen MR) is 95.4 cm³/mol. The summed E-state index contributed by atoms with van der Waals surface area (Å²) in [6.45, 7) is 5.75. The Morgan fingerprint density at radius 3 is 2.92 bits per heavy atom. The molecule has 0 radical (unpaired) electrons. The first kappa shape index (κ1) is 16.9. The van der Waals surface area contributed by atoms with E-state index in [0.29, 0.717) is 11.9 Å². The Bertz CT molecular complexity index is 652. The van der Waals surface area contributed by atoms with Crippen LogP contribution in [-0.2, 0) is 6.54 Å². The number of rotatable bonds is 6. The van der Waals surface area contributed by atoms with Crippen LogP contribution in [0.5, 0.6) is 0 Å². The second-order valence-electron chi connectivity index (χ2n) is 6.51. The lowest BCUT2D eigenvalue weighted by molar-refractivity contribution is 0.116. The highest BCUT2D eigenvalue weighted by molar-refractivity contribution is 5.48. The molecule has 0 bridgehead atoms. The lowest BCUT2D eigenvalue weighted by Gasteiger charge is -2.36. The number of aromatic nitrogens is 2. The van der Waals surface area contributed by atoms with Crippen LogP contribution in [0.2, 0.25) is 0 Å². The first-order valence-corrected chi connectivity index (χ1v) is 8.64. The number of benzene rings is 1. The summed E-state index contributed by atoms with van der Waals surface area (Å²) in [5.74, 6) is 1.43. The molecule has 1 atom stereocenters. The molecule has 1 saturated heterocycles. The van der Waals surface area contributed by atoms with Crippen molar-refractivity contribution < 1.29 is 4.52 Å². The number of aryl methyl sites for hydroxylation is 1. The molecule has 0 unspecified atom stereocenters. The summed E-state index contributed by atoms with van der Waals surface area (Å²) >= 11 is 0. The van der Waals surface area contributed by atoms with Crippen LogP contribution in [-0.4, -0.2) is 52.7 Å². The third-order valence-electron chi connectivity index (χ3n) is 4.54. The second kappa shape index (κ2) is 8.22. The van der Waals surface area contributed by atoms with E-state index in [4.69, 9.17) is 4.52 Å². The highest BCUT2D eigenvalue weighted by atomic mass is 16.5. The van der Waals surface area contributed by atoms with Crippen molar-refractivity contribution in [3.05, 3.63) is 53.7 Å². The quantitative estimate of drug-likeness (QED) is 0.816. The van der Waals surface area contributed by atoms with Gasteiger partial charge in [-0.1, -0.05) is 47.6 Å². The van der Waals surface area contributed by atoms with Crippen LogP contribution < -0.4 is 0 Å². The monoisotopic (exact) mass is 326 g/mol. The molecule has 1 fully saturated rings. The second-order valence-corrected chi connectivity index (χ2v) is 6.51. The van der Waals surface area contributed by atoms with Gasteiger partial charge in [0.05, 0.1) is 6.54 Å². The molecule has 3 rings (SSSR count). The summed E-state index contributed by atoms with van der Waals surface area (Å²) in [6, 6.07) is 11.0. The fourth-order valence-electron chi connectivity index (χ4n) is 3.21. The van der Waals surface area contributed by atoms with Gasteiger partial charge < -0.3 is 4.52 Å². The Morgan fingerprint density at radius 1 is 1.33 bits per heavy atom. The molecular formula is C19H26N4O. The minimum absolute atomic E-state index is 0.576. The smallest absolute Gasteiger partial charge is 0.223 e. The highest BCUT2D eigenvalue weighted by Crippen LogP contribution is 2.16. The molecule has 2 aromatic rings. The van der Waals surface area contributed by atoms with Gasteiger partial charge in [-0.15, -0.1) is 0 Å². The summed E-state index contributed by atoms with van der Waals surface area (Å²) in [7, 11) is 2.21. The van der Waals surface area contributed by atoms with E-state index in [-0.39, 0.29) is 0 Å². The van der Waals surface area contributed by atoms with E-state index in [2.05, 4.69) is 63.4 Å². The van der Waals surface area contributed by atoms with Crippen molar-refractivity contribution in [3.63, 3.8) is 0 Å². The van der Waals surface area contributed by atoms with E-state index in [9.17, 15) is 0 Å². The average molecular weight is 326 g/mol. The molecule has 0 saturated carbocycles. The molecule has 5 nitrogen and oxygen atoms in total.